The summed E-state index contributed by atoms with van der Waals surface area (Å²) >= 11 is 0. The Hall–Kier alpha value is -0.450. The quantitative estimate of drug-likeness (QED) is 0.692. The van der Waals surface area contributed by atoms with Gasteiger partial charge in [-0.25, -0.2) is 0 Å². The van der Waals surface area contributed by atoms with Gasteiger partial charge < -0.3 is 4.74 Å². The van der Waals surface area contributed by atoms with Crippen LogP contribution >= 0.6 is 0 Å². The molecule has 14 heavy (non-hydrogen) atoms. The Labute approximate surface area is 84.6 Å². The number of piperidine rings is 1. The number of nitrogens with one attached hydrogen (secondary N) is 1. The van der Waals surface area contributed by atoms with Crippen LogP contribution in [-0.2, 0) is 9.53 Å². The normalized spacial score (nSPS) is 29.7. The molecule has 0 aliphatic carbocycles. The van der Waals surface area contributed by atoms with Gasteiger partial charge in [-0.05, 0) is 6.42 Å². The molecule has 2 aliphatic heterocycles. The molecule has 0 spiro atoms. The van der Waals surface area contributed by atoms with Gasteiger partial charge in [-0.15, -0.1) is 0 Å². The van der Waals surface area contributed by atoms with E-state index >= 15 is 0 Å². The van der Waals surface area contributed by atoms with Gasteiger partial charge in [0, 0.05) is 45.2 Å². The predicted octanol–water partition coefficient (Wildman–Crippen LogP) is -0.0127. The Balaban J connectivity index is 1.63. The molecule has 1 unspecified atom stereocenters. The van der Waals surface area contributed by atoms with Crippen molar-refractivity contribution in [1.82, 2.24) is 10.2 Å². The first-order chi connectivity index (χ1) is 6.84. The predicted molar refractivity (Wildman–Crippen MR) is 53.0 cm³/mol. The Morgan fingerprint density at radius 3 is 2.86 bits per heavy atom. The molecular formula is C10H18N2O2. The van der Waals surface area contributed by atoms with Gasteiger partial charge in [-0.1, -0.05) is 0 Å². The van der Waals surface area contributed by atoms with Crippen LogP contribution < -0.4 is 5.32 Å². The van der Waals surface area contributed by atoms with Gasteiger partial charge in [0.2, 0.25) is 0 Å². The number of ketones is 1. The highest BCUT2D eigenvalue weighted by Crippen LogP contribution is 2.06. The lowest BCUT2D eigenvalue weighted by Gasteiger charge is -2.27. The maximum atomic E-state index is 11.0. The summed E-state index contributed by atoms with van der Waals surface area (Å²) in [5.74, 6) is 0.408. The Bertz CT molecular complexity index is 192. The number of carbonyl (C=O) groups excluding carboxylic acids is 1. The van der Waals surface area contributed by atoms with E-state index in [1.54, 1.807) is 0 Å². The zero-order chi connectivity index (χ0) is 9.80. The molecule has 0 radical (unpaired) electrons. The number of hydrogen-bond donors (Lipinski definition) is 1. The standard InChI is InChI=1S/C10H18N2O2/c13-10-1-4-12(5-2-10)8-11-9-3-6-14-7-9/h9,11H,1-8H2. The molecule has 0 saturated carbocycles. The van der Waals surface area contributed by atoms with Gasteiger partial charge in [0.1, 0.15) is 5.78 Å². The van der Waals surface area contributed by atoms with Crippen molar-refractivity contribution in [2.75, 3.05) is 33.0 Å². The van der Waals surface area contributed by atoms with Crippen LogP contribution in [0.3, 0.4) is 0 Å². The molecule has 2 rings (SSSR count). The summed E-state index contributed by atoms with van der Waals surface area (Å²) in [5, 5.41) is 3.46. The highest BCUT2D eigenvalue weighted by Gasteiger charge is 2.19. The average molecular weight is 198 g/mol. The fourth-order valence-corrected chi connectivity index (χ4v) is 1.91. The lowest BCUT2D eigenvalue weighted by molar-refractivity contribution is -0.121. The van der Waals surface area contributed by atoms with Gasteiger partial charge >= 0.3 is 0 Å². The molecule has 0 aromatic heterocycles. The molecule has 4 heteroatoms. The molecule has 1 N–H and O–H groups in total. The van der Waals surface area contributed by atoms with Crippen molar-refractivity contribution in [2.45, 2.75) is 25.3 Å². The summed E-state index contributed by atoms with van der Waals surface area (Å²) in [6.07, 6.45) is 2.57. The molecule has 1 atom stereocenters. The van der Waals surface area contributed by atoms with Crippen LogP contribution in [0.4, 0.5) is 0 Å². The first-order valence-corrected chi connectivity index (χ1v) is 5.40. The number of ether oxygens (including phenoxy) is 1. The van der Waals surface area contributed by atoms with Gasteiger partial charge in [-0.2, -0.15) is 0 Å². The van der Waals surface area contributed by atoms with Crippen molar-refractivity contribution in [3.05, 3.63) is 0 Å². The van der Waals surface area contributed by atoms with Crippen LogP contribution in [0.1, 0.15) is 19.3 Å². The largest absolute Gasteiger partial charge is 0.380 e. The van der Waals surface area contributed by atoms with Crippen molar-refractivity contribution in [3.63, 3.8) is 0 Å². The molecule has 0 aromatic rings. The first kappa shape index (κ1) is 10.1. The van der Waals surface area contributed by atoms with Crippen molar-refractivity contribution in [2.24, 2.45) is 0 Å². The summed E-state index contributed by atoms with van der Waals surface area (Å²) in [5.41, 5.74) is 0. The van der Waals surface area contributed by atoms with Crippen LogP contribution in [0.25, 0.3) is 0 Å². The third-order valence-corrected chi connectivity index (χ3v) is 2.95. The maximum absolute atomic E-state index is 11.0. The average Bonchev–Trinajstić information content (AvgIpc) is 2.70. The van der Waals surface area contributed by atoms with Crippen LogP contribution in [-0.4, -0.2) is 49.7 Å². The Morgan fingerprint density at radius 2 is 2.21 bits per heavy atom. The van der Waals surface area contributed by atoms with E-state index in [9.17, 15) is 4.79 Å². The van der Waals surface area contributed by atoms with Crippen molar-refractivity contribution in [3.8, 4) is 0 Å². The highest BCUT2D eigenvalue weighted by atomic mass is 16.5. The smallest absolute Gasteiger partial charge is 0.135 e. The van der Waals surface area contributed by atoms with Gasteiger partial charge in [0.05, 0.1) is 6.61 Å². The van der Waals surface area contributed by atoms with E-state index in [1.807, 2.05) is 0 Å². The number of carbonyl (C=O) groups is 1. The molecule has 2 fully saturated rings. The molecule has 2 saturated heterocycles. The molecule has 2 aliphatic rings. The van der Waals surface area contributed by atoms with E-state index in [4.69, 9.17) is 4.74 Å². The summed E-state index contributed by atoms with van der Waals surface area (Å²) in [6.45, 7) is 4.46. The zero-order valence-corrected chi connectivity index (χ0v) is 8.50. The van der Waals surface area contributed by atoms with Crippen molar-refractivity contribution >= 4 is 5.78 Å². The minimum absolute atomic E-state index is 0.408. The molecule has 0 aromatic carbocycles. The van der Waals surface area contributed by atoms with Crippen LogP contribution in [0.2, 0.25) is 0 Å². The third-order valence-electron chi connectivity index (χ3n) is 2.95. The SMILES string of the molecule is O=C1CCN(CNC2CCOC2)CC1. The molecule has 0 bridgehead atoms. The van der Waals surface area contributed by atoms with Crippen LogP contribution in [0.5, 0.6) is 0 Å². The van der Waals surface area contributed by atoms with Crippen molar-refractivity contribution < 1.29 is 9.53 Å². The topological polar surface area (TPSA) is 41.6 Å². The van der Waals surface area contributed by atoms with E-state index < -0.39 is 0 Å². The second-order valence-electron chi connectivity index (χ2n) is 4.08. The fraction of sp³-hybridized carbons (Fsp3) is 0.900. The number of Topliss-reactive ketones (excluding diaryl/α,β-unsaturated/α-hetero) is 1. The molecule has 0 amide bonds. The molecule has 2 heterocycles. The molecule has 4 nitrogen and oxygen atoms in total. The monoisotopic (exact) mass is 198 g/mol. The van der Waals surface area contributed by atoms with Gasteiger partial charge in [-0.3, -0.25) is 15.0 Å². The highest BCUT2D eigenvalue weighted by molar-refractivity contribution is 5.79. The van der Waals surface area contributed by atoms with E-state index in [1.165, 1.54) is 0 Å². The second kappa shape index (κ2) is 4.87. The minimum atomic E-state index is 0.408. The second-order valence-corrected chi connectivity index (χ2v) is 4.08. The summed E-state index contributed by atoms with van der Waals surface area (Å²) in [6, 6.07) is 0.521. The van der Waals surface area contributed by atoms with E-state index in [0.29, 0.717) is 11.8 Å². The Kier molecular flexibility index (Phi) is 3.50. The first-order valence-electron chi connectivity index (χ1n) is 5.40. The molecule has 80 valence electrons. The Morgan fingerprint density at radius 1 is 1.43 bits per heavy atom. The number of rotatable bonds is 3. The summed E-state index contributed by atoms with van der Waals surface area (Å²) < 4.78 is 5.28. The fourth-order valence-electron chi connectivity index (χ4n) is 1.91. The van der Waals surface area contributed by atoms with Crippen LogP contribution in [0, 0.1) is 0 Å². The van der Waals surface area contributed by atoms with Gasteiger partial charge in [0.15, 0.2) is 0 Å². The van der Waals surface area contributed by atoms with E-state index in [0.717, 1.165) is 52.2 Å². The van der Waals surface area contributed by atoms with Crippen molar-refractivity contribution in [1.29, 1.82) is 0 Å². The third kappa shape index (κ3) is 2.77. The lowest BCUT2D eigenvalue weighted by atomic mass is 10.1. The summed E-state index contributed by atoms with van der Waals surface area (Å²) in [7, 11) is 0. The number of nitrogens with zero attached hydrogens (tertiary/aromatic N) is 1. The van der Waals surface area contributed by atoms with Gasteiger partial charge in [0.25, 0.3) is 0 Å². The maximum Gasteiger partial charge on any atom is 0.135 e. The number of hydrogen-bond acceptors (Lipinski definition) is 4. The summed E-state index contributed by atoms with van der Waals surface area (Å²) in [4.78, 5) is 13.3. The van der Waals surface area contributed by atoms with E-state index in [-0.39, 0.29) is 0 Å². The van der Waals surface area contributed by atoms with E-state index in [2.05, 4.69) is 10.2 Å². The molecular weight excluding hydrogens is 180 g/mol. The number of likely N-dealkylation sites (tertiary alicyclic amines) is 1. The zero-order valence-electron chi connectivity index (χ0n) is 8.50. The van der Waals surface area contributed by atoms with Crippen LogP contribution in [0.15, 0.2) is 0 Å². The minimum Gasteiger partial charge on any atom is -0.380 e. The lowest BCUT2D eigenvalue weighted by Crippen LogP contribution is -2.43.